The van der Waals surface area contributed by atoms with Gasteiger partial charge in [-0.15, -0.1) is 0 Å². The molecular weight excluding hydrogens is 364 g/mol. The molecule has 1 aliphatic heterocycles. The fraction of sp³-hybridized carbons (Fsp3) is 0.174. The molecule has 0 fully saturated rings. The van der Waals surface area contributed by atoms with Crippen LogP contribution in [0.25, 0.3) is 10.9 Å². The Morgan fingerprint density at radius 2 is 1.46 bits per heavy atom. The molecule has 28 heavy (non-hydrogen) atoms. The second-order valence-corrected chi connectivity index (χ2v) is 12.9. The Morgan fingerprint density at radius 3 is 2.04 bits per heavy atom. The molecule has 0 atom stereocenters. The van der Waals surface area contributed by atoms with Crippen LogP contribution in [-0.2, 0) is 0 Å². The Morgan fingerprint density at radius 1 is 0.857 bits per heavy atom. The molecule has 2 aromatic carbocycles. The Balaban J connectivity index is 2.04. The zero-order valence-corrected chi connectivity index (χ0v) is 17.6. The third-order valence-electron chi connectivity index (χ3n) is 5.00. The second kappa shape index (κ2) is 6.84. The summed E-state index contributed by atoms with van der Waals surface area (Å²) in [5, 5.41) is 3.06. The summed E-state index contributed by atoms with van der Waals surface area (Å²) < 4.78 is 7.22. The monoisotopic (exact) mass is 388 g/mol. The zero-order valence-electron chi connectivity index (χ0n) is 16.6. The SMILES string of the molecule is COc1ccc(/C(=C2/c3ccccc3C(=O)N2n2cccc2)[Si](C)(C)C)cc1. The molecule has 0 bridgehead atoms. The van der Waals surface area contributed by atoms with Crippen molar-refractivity contribution in [3.63, 3.8) is 0 Å². The van der Waals surface area contributed by atoms with E-state index in [-0.39, 0.29) is 5.91 Å². The Hall–Kier alpha value is -3.05. The topological polar surface area (TPSA) is 34.5 Å². The number of methoxy groups -OCH3 is 1. The van der Waals surface area contributed by atoms with E-state index < -0.39 is 8.07 Å². The van der Waals surface area contributed by atoms with E-state index in [2.05, 4.69) is 37.8 Å². The highest BCUT2D eigenvalue weighted by molar-refractivity contribution is 6.95. The molecule has 3 aromatic rings. The van der Waals surface area contributed by atoms with Crippen LogP contribution >= 0.6 is 0 Å². The number of ether oxygens (including phenoxy) is 1. The van der Waals surface area contributed by atoms with Gasteiger partial charge in [0.05, 0.1) is 26.4 Å². The van der Waals surface area contributed by atoms with E-state index in [0.717, 1.165) is 28.1 Å². The van der Waals surface area contributed by atoms with Gasteiger partial charge in [-0.05, 0) is 41.1 Å². The zero-order chi connectivity index (χ0) is 19.9. The van der Waals surface area contributed by atoms with Crippen molar-refractivity contribution in [2.24, 2.45) is 0 Å². The molecule has 5 heteroatoms. The summed E-state index contributed by atoms with van der Waals surface area (Å²) in [6.45, 7) is 6.95. The fourth-order valence-electron chi connectivity index (χ4n) is 3.81. The van der Waals surface area contributed by atoms with Crippen LogP contribution in [-0.4, -0.2) is 25.8 Å². The number of fused-ring (bicyclic) bond motifs is 1. The molecule has 1 amide bonds. The number of nitrogens with zero attached hydrogens (tertiary/aromatic N) is 2. The van der Waals surface area contributed by atoms with Crippen molar-refractivity contribution >= 4 is 24.9 Å². The van der Waals surface area contributed by atoms with E-state index in [9.17, 15) is 4.79 Å². The maximum atomic E-state index is 13.3. The van der Waals surface area contributed by atoms with Crippen molar-refractivity contribution in [3.8, 4) is 5.75 Å². The van der Waals surface area contributed by atoms with Gasteiger partial charge < -0.3 is 4.74 Å². The van der Waals surface area contributed by atoms with Gasteiger partial charge in [-0.1, -0.05) is 50.0 Å². The van der Waals surface area contributed by atoms with Crippen molar-refractivity contribution < 1.29 is 9.53 Å². The van der Waals surface area contributed by atoms with Crippen molar-refractivity contribution in [2.75, 3.05) is 12.1 Å². The first-order valence-electron chi connectivity index (χ1n) is 9.38. The minimum absolute atomic E-state index is 0.00561. The van der Waals surface area contributed by atoms with Crippen LogP contribution < -0.4 is 9.75 Å². The van der Waals surface area contributed by atoms with Crippen molar-refractivity contribution in [1.82, 2.24) is 4.68 Å². The number of aromatic nitrogens is 1. The van der Waals surface area contributed by atoms with E-state index in [4.69, 9.17) is 4.74 Å². The van der Waals surface area contributed by atoms with Gasteiger partial charge >= 0.3 is 0 Å². The van der Waals surface area contributed by atoms with Crippen LogP contribution in [0.15, 0.2) is 73.1 Å². The third-order valence-corrected chi connectivity index (χ3v) is 7.03. The molecule has 4 nitrogen and oxygen atoms in total. The van der Waals surface area contributed by atoms with E-state index in [0.29, 0.717) is 0 Å². The number of carbonyl (C=O) groups excluding carboxylic acids is 1. The number of rotatable bonds is 4. The predicted molar refractivity (Wildman–Crippen MR) is 117 cm³/mol. The van der Waals surface area contributed by atoms with E-state index in [1.54, 1.807) is 7.11 Å². The lowest BCUT2D eigenvalue weighted by Crippen LogP contribution is -2.36. The van der Waals surface area contributed by atoms with E-state index in [1.165, 1.54) is 5.20 Å². The van der Waals surface area contributed by atoms with Crippen molar-refractivity contribution in [2.45, 2.75) is 19.6 Å². The molecule has 0 N–H and O–H groups in total. The molecule has 1 aliphatic rings. The molecular formula is C23H24N2O2Si. The summed E-state index contributed by atoms with van der Waals surface area (Å²) in [6.07, 6.45) is 3.83. The summed E-state index contributed by atoms with van der Waals surface area (Å²) in [5.41, 5.74) is 3.86. The lowest BCUT2D eigenvalue weighted by molar-refractivity contribution is 0.0984. The van der Waals surface area contributed by atoms with Gasteiger partial charge in [-0.2, -0.15) is 0 Å². The summed E-state index contributed by atoms with van der Waals surface area (Å²) in [7, 11) is -0.168. The van der Waals surface area contributed by atoms with Crippen LogP contribution in [0.4, 0.5) is 0 Å². The minimum atomic E-state index is -1.84. The Bertz CT molecular complexity index is 1040. The average molecular weight is 389 g/mol. The molecule has 0 saturated carbocycles. The molecule has 2 heterocycles. The van der Waals surface area contributed by atoms with Crippen molar-refractivity contribution in [3.05, 3.63) is 89.7 Å². The number of benzene rings is 2. The molecule has 0 unspecified atom stereocenters. The summed E-state index contributed by atoms with van der Waals surface area (Å²) in [5.74, 6) is 0.833. The van der Waals surface area contributed by atoms with Crippen LogP contribution in [0.1, 0.15) is 21.5 Å². The highest BCUT2D eigenvalue weighted by Crippen LogP contribution is 2.41. The Labute approximate surface area is 166 Å². The molecule has 4 rings (SSSR count). The van der Waals surface area contributed by atoms with Gasteiger partial charge in [0, 0.05) is 18.0 Å². The van der Waals surface area contributed by atoms with Gasteiger partial charge in [0.15, 0.2) is 0 Å². The van der Waals surface area contributed by atoms with Crippen LogP contribution in [0.2, 0.25) is 19.6 Å². The van der Waals surface area contributed by atoms with Gasteiger partial charge in [0.2, 0.25) is 0 Å². The highest BCUT2D eigenvalue weighted by Gasteiger charge is 2.38. The molecule has 1 aromatic heterocycles. The average Bonchev–Trinajstić information content (AvgIpc) is 3.29. The minimum Gasteiger partial charge on any atom is -0.497 e. The first-order chi connectivity index (χ1) is 13.4. The molecule has 0 radical (unpaired) electrons. The van der Waals surface area contributed by atoms with E-state index >= 15 is 0 Å². The lowest BCUT2D eigenvalue weighted by atomic mass is 10.1. The third kappa shape index (κ3) is 2.98. The summed E-state index contributed by atoms with van der Waals surface area (Å²) in [4.78, 5) is 13.3. The highest BCUT2D eigenvalue weighted by atomic mass is 28.3. The molecule has 0 aliphatic carbocycles. The molecule has 142 valence electrons. The van der Waals surface area contributed by atoms with E-state index in [1.807, 2.05) is 64.5 Å². The van der Waals surface area contributed by atoms with Crippen molar-refractivity contribution in [1.29, 1.82) is 0 Å². The first kappa shape index (κ1) is 18.3. The number of hydrogen-bond acceptors (Lipinski definition) is 2. The number of carbonyl (C=O) groups is 1. The smallest absolute Gasteiger partial charge is 0.278 e. The van der Waals surface area contributed by atoms with Gasteiger partial charge in [0.25, 0.3) is 5.91 Å². The molecule has 0 spiro atoms. The van der Waals surface area contributed by atoms with Crippen LogP contribution in [0, 0.1) is 0 Å². The fourth-order valence-corrected chi connectivity index (χ4v) is 5.79. The maximum Gasteiger partial charge on any atom is 0.278 e. The first-order valence-corrected chi connectivity index (χ1v) is 12.9. The van der Waals surface area contributed by atoms with Crippen LogP contribution in [0.3, 0.4) is 0 Å². The number of hydrogen-bond donors (Lipinski definition) is 0. The Kier molecular flexibility index (Phi) is 4.47. The van der Waals surface area contributed by atoms with Gasteiger partial charge in [-0.3, -0.25) is 9.47 Å². The molecule has 0 saturated heterocycles. The normalized spacial score (nSPS) is 15.6. The van der Waals surface area contributed by atoms with Gasteiger partial charge in [-0.25, -0.2) is 5.01 Å². The predicted octanol–water partition coefficient (Wildman–Crippen LogP) is 5.03. The van der Waals surface area contributed by atoms with Crippen LogP contribution in [0.5, 0.6) is 5.75 Å². The lowest BCUT2D eigenvalue weighted by Gasteiger charge is -2.29. The standard InChI is InChI=1S/C23H24N2O2Si/c1-27-18-13-11-17(12-14-18)22(28(2,3)4)21-19-9-5-6-10-20(19)23(26)25(21)24-15-7-8-16-24/h5-16H,1-4H3/b22-21+. The summed E-state index contributed by atoms with van der Waals surface area (Å²) in [6, 6.07) is 19.9. The van der Waals surface area contributed by atoms with Gasteiger partial charge in [0.1, 0.15) is 5.75 Å². The second-order valence-electron chi connectivity index (χ2n) is 7.93. The quantitative estimate of drug-likeness (QED) is 0.587. The largest absolute Gasteiger partial charge is 0.497 e. The number of amides is 1. The summed E-state index contributed by atoms with van der Waals surface area (Å²) >= 11 is 0. The maximum absolute atomic E-state index is 13.3.